The van der Waals surface area contributed by atoms with Gasteiger partial charge >= 0.3 is 0 Å². The molecule has 140 valence electrons. The number of hydrogen-bond acceptors (Lipinski definition) is 5. The lowest BCUT2D eigenvalue weighted by Crippen LogP contribution is -2.21. The van der Waals surface area contributed by atoms with Gasteiger partial charge in [-0.05, 0) is 81.3 Å². The second kappa shape index (κ2) is 8.54. The molecule has 0 saturated carbocycles. The lowest BCUT2D eigenvalue weighted by atomic mass is 10.1. The number of nitrogens with one attached hydrogen (secondary N) is 2. The van der Waals surface area contributed by atoms with Crippen molar-refractivity contribution in [1.29, 1.82) is 0 Å². The van der Waals surface area contributed by atoms with Crippen molar-refractivity contribution >= 4 is 28.8 Å². The minimum Gasteiger partial charge on any atom is -0.372 e. The Kier molecular flexibility index (Phi) is 5.91. The fourth-order valence-corrected chi connectivity index (χ4v) is 2.93. The fourth-order valence-electron chi connectivity index (χ4n) is 2.93. The van der Waals surface area contributed by atoms with Gasteiger partial charge in [0.2, 0.25) is 5.95 Å². The van der Waals surface area contributed by atoms with E-state index in [4.69, 9.17) is 0 Å². The van der Waals surface area contributed by atoms with Crippen molar-refractivity contribution in [3.63, 3.8) is 0 Å². The summed E-state index contributed by atoms with van der Waals surface area (Å²) in [5.74, 6) is 1.33. The second-order valence-corrected chi connectivity index (χ2v) is 6.53. The number of nitrogens with zero attached hydrogens (tertiary/aromatic N) is 3. The van der Waals surface area contributed by atoms with Crippen LogP contribution in [0.3, 0.4) is 0 Å². The van der Waals surface area contributed by atoms with Crippen LogP contribution >= 0.6 is 0 Å². The van der Waals surface area contributed by atoms with Crippen molar-refractivity contribution in [3.05, 3.63) is 65.9 Å². The van der Waals surface area contributed by atoms with Gasteiger partial charge in [-0.3, -0.25) is 0 Å². The zero-order valence-electron chi connectivity index (χ0n) is 16.5. The van der Waals surface area contributed by atoms with Crippen LogP contribution in [0.1, 0.15) is 25.0 Å². The molecule has 5 heteroatoms. The van der Waals surface area contributed by atoms with Gasteiger partial charge in [0.1, 0.15) is 5.82 Å². The SMILES string of the molecule is CCN(CC)c1ccc(Nc2nccc(Nc3ccc(C)c(C)c3)n2)cc1. The van der Waals surface area contributed by atoms with Crippen LogP contribution < -0.4 is 15.5 Å². The Morgan fingerprint density at radius 3 is 2.19 bits per heavy atom. The van der Waals surface area contributed by atoms with E-state index < -0.39 is 0 Å². The summed E-state index contributed by atoms with van der Waals surface area (Å²) in [7, 11) is 0. The molecule has 1 heterocycles. The van der Waals surface area contributed by atoms with Gasteiger partial charge in [-0.15, -0.1) is 0 Å². The molecule has 0 unspecified atom stereocenters. The van der Waals surface area contributed by atoms with Gasteiger partial charge in [0.05, 0.1) is 0 Å². The van der Waals surface area contributed by atoms with Gasteiger partial charge < -0.3 is 15.5 Å². The third-order valence-electron chi connectivity index (χ3n) is 4.69. The maximum atomic E-state index is 4.56. The van der Waals surface area contributed by atoms with Crippen molar-refractivity contribution < 1.29 is 0 Å². The molecule has 3 rings (SSSR count). The Morgan fingerprint density at radius 1 is 0.815 bits per heavy atom. The number of rotatable bonds is 7. The molecule has 0 amide bonds. The van der Waals surface area contributed by atoms with E-state index in [1.54, 1.807) is 6.20 Å². The van der Waals surface area contributed by atoms with Gasteiger partial charge in [0, 0.05) is 36.3 Å². The van der Waals surface area contributed by atoms with Crippen molar-refractivity contribution in [2.24, 2.45) is 0 Å². The normalized spacial score (nSPS) is 10.5. The largest absolute Gasteiger partial charge is 0.372 e. The van der Waals surface area contributed by atoms with E-state index in [1.807, 2.05) is 6.07 Å². The molecule has 5 nitrogen and oxygen atoms in total. The monoisotopic (exact) mass is 361 g/mol. The Morgan fingerprint density at radius 2 is 1.52 bits per heavy atom. The molecule has 0 aliphatic rings. The fraction of sp³-hybridized carbons (Fsp3) is 0.273. The Hall–Kier alpha value is -3.08. The van der Waals surface area contributed by atoms with E-state index in [-0.39, 0.29) is 0 Å². The minimum absolute atomic E-state index is 0.569. The molecule has 27 heavy (non-hydrogen) atoms. The van der Waals surface area contributed by atoms with E-state index >= 15 is 0 Å². The summed E-state index contributed by atoms with van der Waals surface area (Å²) in [6.45, 7) is 10.5. The van der Waals surface area contributed by atoms with E-state index in [2.05, 4.69) is 95.7 Å². The first-order valence-corrected chi connectivity index (χ1v) is 9.38. The van der Waals surface area contributed by atoms with E-state index in [0.29, 0.717) is 5.95 Å². The lowest BCUT2D eigenvalue weighted by Gasteiger charge is -2.21. The highest BCUT2D eigenvalue weighted by atomic mass is 15.1. The van der Waals surface area contributed by atoms with Crippen LogP contribution in [-0.4, -0.2) is 23.1 Å². The number of aromatic nitrogens is 2. The summed E-state index contributed by atoms with van der Waals surface area (Å²) in [5.41, 5.74) is 5.73. The van der Waals surface area contributed by atoms with E-state index in [1.165, 1.54) is 16.8 Å². The molecular weight excluding hydrogens is 334 g/mol. The van der Waals surface area contributed by atoms with Crippen LogP contribution in [0, 0.1) is 13.8 Å². The molecule has 0 atom stereocenters. The highest BCUT2D eigenvalue weighted by molar-refractivity contribution is 5.62. The molecule has 0 bridgehead atoms. The summed E-state index contributed by atoms with van der Waals surface area (Å²) < 4.78 is 0. The molecule has 0 saturated heterocycles. The van der Waals surface area contributed by atoms with Crippen molar-refractivity contribution in [2.45, 2.75) is 27.7 Å². The first kappa shape index (κ1) is 18.7. The van der Waals surface area contributed by atoms with Crippen LogP contribution in [0.15, 0.2) is 54.7 Å². The molecule has 2 aromatic carbocycles. The van der Waals surface area contributed by atoms with E-state index in [9.17, 15) is 0 Å². The first-order valence-electron chi connectivity index (χ1n) is 9.38. The summed E-state index contributed by atoms with van der Waals surface area (Å²) in [6.07, 6.45) is 1.75. The predicted molar refractivity (Wildman–Crippen MR) is 115 cm³/mol. The quantitative estimate of drug-likeness (QED) is 0.588. The van der Waals surface area contributed by atoms with Gasteiger partial charge in [-0.2, -0.15) is 4.98 Å². The van der Waals surface area contributed by atoms with Crippen LogP contribution in [0.5, 0.6) is 0 Å². The smallest absolute Gasteiger partial charge is 0.229 e. The van der Waals surface area contributed by atoms with Gasteiger partial charge in [0.25, 0.3) is 0 Å². The molecule has 2 N–H and O–H groups in total. The number of benzene rings is 2. The molecule has 0 fully saturated rings. The van der Waals surface area contributed by atoms with Crippen molar-refractivity contribution in [1.82, 2.24) is 9.97 Å². The van der Waals surface area contributed by atoms with Gasteiger partial charge in [-0.25, -0.2) is 4.98 Å². The Labute approximate surface area is 161 Å². The van der Waals surface area contributed by atoms with Crippen LogP contribution in [-0.2, 0) is 0 Å². The van der Waals surface area contributed by atoms with Crippen LogP contribution in [0.25, 0.3) is 0 Å². The van der Waals surface area contributed by atoms with Crippen molar-refractivity contribution in [3.8, 4) is 0 Å². The maximum absolute atomic E-state index is 4.56. The lowest BCUT2D eigenvalue weighted by molar-refractivity contribution is 0.866. The number of anilines is 5. The zero-order chi connectivity index (χ0) is 19.2. The Balaban J connectivity index is 1.71. The standard InChI is InChI=1S/C22H27N5/c1-5-27(6-2)20-11-9-18(10-12-20)25-22-23-14-13-21(26-22)24-19-8-7-16(3)17(4)15-19/h7-15H,5-6H2,1-4H3,(H2,23,24,25,26). The van der Waals surface area contributed by atoms with Crippen LogP contribution in [0.2, 0.25) is 0 Å². The van der Waals surface area contributed by atoms with Gasteiger partial charge in [-0.1, -0.05) is 6.07 Å². The minimum atomic E-state index is 0.569. The molecular formula is C22H27N5. The van der Waals surface area contributed by atoms with E-state index in [0.717, 1.165) is 30.3 Å². The molecule has 0 spiro atoms. The highest BCUT2D eigenvalue weighted by Gasteiger charge is 2.04. The predicted octanol–water partition coefficient (Wildman–Crippen LogP) is 5.43. The summed E-state index contributed by atoms with van der Waals surface area (Å²) in [5, 5.41) is 6.61. The zero-order valence-corrected chi connectivity index (χ0v) is 16.5. The van der Waals surface area contributed by atoms with Gasteiger partial charge in [0.15, 0.2) is 0 Å². The topological polar surface area (TPSA) is 53.1 Å². The summed E-state index contributed by atoms with van der Waals surface area (Å²) in [6, 6.07) is 16.5. The molecule has 1 aromatic heterocycles. The third kappa shape index (κ3) is 4.76. The molecule has 0 radical (unpaired) electrons. The molecule has 0 aliphatic carbocycles. The Bertz CT molecular complexity index is 885. The van der Waals surface area contributed by atoms with Crippen molar-refractivity contribution in [2.75, 3.05) is 28.6 Å². The summed E-state index contributed by atoms with van der Waals surface area (Å²) >= 11 is 0. The maximum Gasteiger partial charge on any atom is 0.229 e. The molecule has 0 aliphatic heterocycles. The van der Waals surface area contributed by atoms with Crippen LogP contribution in [0.4, 0.5) is 28.8 Å². The number of hydrogen-bond donors (Lipinski definition) is 2. The number of aryl methyl sites for hydroxylation is 2. The third-order valence-corrected chi connectivity index (χ3v) is 4.69. The summed E-state index contributed by atoms with van der Waals surface area (Å²) in [4.78, 5) is 11.2. The average molecular weight is 361 g/mol. The molecule has 3 aromatic rings. The second-order valence-electron chi connectivity index (χ2n) is 6.53. The average Bonchev–Trinajstić information content (AvgIpc) is 2.67. The first-order chi connectivity index (χ1) is 13.1. The highest BCUT2D eigenvalue weighted by Crippen LogP contribution is 2.22.